The van der Waals surface area contributed by atoms with E-state index in [0.29, 0.717) is 24.6 Å². The van der Waals surface area contributed by atoms with Crippen LogP contribution in [-0.2, 0) is 4.74 Å². The molecule has 1 aliphatic heterocycles. The SMILES string of the molecule is CN=C(NCC1(O)CCC1)NC1C2CCOC2C1(C)C.I. The molecule has 3 rings (SSSR count). The summed E-state index contributed by atoms with van der Waals surface area (Å²) in [5.41, 5.74) is -0.377. The number of halogens is 1. The lowest BCUT2D eigenvalue weighted by Crippen LogP contribution is -2.68. The summed E-state index contributed by atoms with van der Waals surface area (Å²) < 4.78 is 5.81. The Balaban J connectivity index is 0.00000161. The van der Waals surface area contributed by atoms with Gasteiger partial charge in [0.2, 0.25) is 0 Å². The van der Waals surface area contributed by atoms with E-state index in [9.17, 15) is 5.11 Å². The Morgan fingerprint density at radius 2 is 2.10 bits per heavy atom. The number of rotatable bonds is 3. The van der Waals surface area contributed by atoms with Gasteiger partial charge < -0.3 is 20.5 Å². The quantitative estimate of drug-likeness (QED) is 0.376. The van der Waals surface area contributed by atoms with Crippen molar-refractivity contribution in [1.29, 1.82) is 0 Å². The van der Waals surface area contributed by atoms with Crippen LogP contribution in [0.5, 0.6) is 0 Å². The van der Waals surface area contributed by atoms with Crippen molar-refractivity contribution < 1.29 is 9.84 Å². The van der Waals surface area contributed by atoms with Gasteiger partial charge >= 0.3 is 0 Å². The van der Waals surface area contributed by atoms with Gasteiger partial charge in [-0.15, -0.1) is 24.0 Å². The molecule has 3 aliphatic rings. The lowest BCUT2D eigenvalue weighted by atomic mass is 9.57. The maximum atomic E-state index is 10.1. The predicted molar refractivity (Wildman–Crippen MR) is 94.1 cm³/mol. The van der Waals surface area contributed by atoms with Crippen LogP contribution in [0, 0.1) is 11.3 Å². The van der Waals surface area contributed by atoms with Gasteiger partial charge in [0.15, 0.2) is 5.96 Å². The average molecular weight is 409 g/mol. The number of aliphatic hydroxyl groups is 1. The summed E-state index contributed by atoms with van der Waals surface area (Å²) in [5, 5.41) is 17.0. The first kappa shape index (κ1) is 17.3. The molecule has 0 aromatic rings. The Morgan fingerprint density at radius 1 is 1.38 bits per heavy atom. The molecule has 0 aromatic heterocycles. The molecule has 3 unspecified atom stereocenters. The number of fused-ring (bicyclic) bond motifs is 1. The monoisotopic (exact) mass is 409 g/mol. The molecule has 3 fully saturated rings. The lowest BCUT2D eigenvalue weighted by Gasteiger charge is -2.55. The van der Waals surface area contributed by atoms with E-state index in [1.54, 1.807) is 7.05 Å². The number of hydrogen-bond acceptors (Lipinski definition) is 3. The van der Waals surface area contributed by atoms with Crippen molar-refractivity contribution in [2.75, 3.05) is 20.2 Å². The topological polar surface area (TPSA) is 65.9 Å². The van der Waals surface area contributed by atoms with Crippen LogP contribution in [0.1, 0.15) is 39.5 Å². The van der Waals surface area contributed by atoms with E-state index in [1.807, 2.05) is 0 Å². The Morgan fingerprint density at radius 3 is 2.67 bits per heavy atom. The maximum Gasteiger partial charge on any atom is 0.191 e. The largest absolute Gasteiger partial charge is 0.388 e. The highest BCUT2D eigenvalue weighted by molar-refractivity contribution is 14.0. The molecule has 0 radical (unpaired) electrons. The van der Waals surface area contributed by atoms with Gasteiger partial charge in [0.1, 0.15) is 0 Å². The van der Waals surface area contributed by atoms with Crippen molar-refractivity contribution in [2.45, 2.75) is 57.3 Å². The van der Waals surface area contributed by atoms with Gasteiger partial charge in [-0.1, -0.05) is 13.8 Å². The number of nitrogens with one attached hydrogen (secondary N) is 2. The molecule has 0 spiro atoms. The van der Waals surface area contributed by atoms with Gasteiger partial charge in [-0.3, -0.25) is 4.99 Å². The average Bonchev–Trinajstić information content (AvgIpc) is 2.83. The van der Waals surface area contributed by atoms with Gasteiger partial charge in [-0.05, 0) is 25.7 Å². The number of ether oxygens (including phenoxy) is 1. The highest BCUT2D eigenvalue weighted by Crippen LogP contribution is 2.52. The molecular weight excluding hydrogens is 381 g/mol. The first-order valence-corrected chi connectivity index (χ1v) is 7.77. The van der Waals surface area contributed by atoms with Crippen LogP contribution in [0.15, 0.2) is 4.99 Å². The van der Waals surface area contributed by atoms with Gasteiger partial charge in [0, 0.05) is 37.6 Å². The molecular formula is C15H28IN3O2. The van der Waals surface area contributed by atoms with Crippen molar-refractivity contribution in [3.63, 3.8) is 0 Å². The predicted octanol–water partition coefficient (Wildman–Crippen LogP) is 1.50. The molecule has 0 amide bonds. The Hall–Kier alpha value is -0.0800. The molecule has 21 heavy (non-hydrogen) atoms. The van der Waals surface area contributed by atoms with E-state index in [0.717, 1.165) is 38.2 Å². The standard InChI is InChI=1S/C15H27N3O2.HI/c1-14(2)11(10-5-8-20-12(10)14)18-13(16-3)17-9-15(19)6-4-7-15;/h10-12,19H,4-9H2,1-3H3,(H2,16,17,18);1H. The highest BCUT2D eigenvalue weighted by Gasteiger charge is 2.59. The zero-order valence-electron chi connectivity index (χ0n) is 13.2. The van der Waals surface area contributed by atoms with Crippen LogP contribution < -0.4 is 10.6 Å². The fourth-order valence-electron chi connectivity index (χ4n) is 3.97. The molecule has 122 valence electrons. The molecule has 0 bridgehead atoms. The van der Waals surface area contributed by atoms with E-state index in [-0.39, 0.29) is 29.4 Å². The molecule has 2 aliphatic carbocycles. The molecule has 3 atom stereocenters. The van der Waals surface area contributed by atoms with Crippen LogP contribution in [0.25, 0.3) is 0 Å². The van der Waals surface area contributed by atoms with E-state index in [4.69, 9.17) is 4.74 Å². The summed E-state index contributed by atoms with van der Waals surface area (Å²) in [6.07, 6.45) is 4.43. The van der Waals surface area contributed by atoms with Crippen LogP contribution in [-0.4, -0.2) is 49.0 Å². The first-order chi connectivity index (χ1) is 9.46. The van der Waals surface area contributed by atoms with Gasteiger partial charge in [0.05, 0.1) is 11.7 Å². The zero-order chi connectivity index (χ0) is 14.4. The second-order valence-corrected chi connectivity index (χ2v) is 7.19. The summed E-state index contributed by atoms with van der Waals surface area (Å²) in [6, 6.07) is 0.400. The third kappa shape index (κ3) is 3.03. The summed E-state index contributed by atoms with van der Waals surface area (Å²) in [5.74, 6) is 1.39. The van der Waals surface area contributed by atoms with Crippen LogP contribution in [0.3, 0.4) is 0 Å². The number of hydrogen-bond donors (Lipinski definition) is 3. The van der Waals surface area contributed by atoms with Crippen molar-refractivity contribution >= 4 is 29.9 Å². The summed E-state index contributed by atoms with van der Waals surface area (Å²) in [4.78, 5) is 4.29. The second kappa shape index (κ2) is 6.20. The van der Waals surface area contributed by atoms with E-state index >= 15 is 0 Å². The molecule has 3 N–H and O–H groups in total. The summed E-state index contributed by atoms with van der Waals surface area (Å²) in [6.45, 7) is 5.97. The third-order valence-corrected chi connectivity index (χ3v) is 5.49. The minimum atomic E-state index is -0.522. The van der Waals surface area contributed by atoms with Crippen molar-refractivity contribution in [1.82, 2.24) is 10.6 Å². The molecule has 2 saturated carbocycles. The zero-order valence-corrected chi connectivity index (χ0v) is 15.5. The Bertz CT molecular complexity index is 410. The second-order valence-electron chi connectivity index (χ2n) is 7.19. The van der Waals surface area contributed by atoms with Crippen LogP contribution in [0.2, 0.25) is 0 Å². The fourth-order valence-corrected chi connectivity index (χ4v) is 3.97. The minimum Gasteiger partial charge on any atom is -0.388 e. The highest BCUT2D eigenvalue weighted by atomic mass is 127. The maximum absolute atomic E-state index is 10.1. The van der Waals surface area contributed by atoms with Crippen molar-refractivity contribution in [2.24, 2.45) is 16.3 Å². The van der Waals surface area contributed by atoms with Crippen LogP contribution in [0.4, 0.5) is 0 Å². The Labute approximate surface area is 144 Å². The Kier molecular flexibility index (Phi) is 5.10. The van der Waals surface area contributed by atoms with Gasteiger partial charge in [-0.2, -0.15) is 0 Å². The lowest BCUT2D eigenvalue weighted by molar-refractivity contribution is -0.107. The van der Waals surface area contributed by atoms with Gasteiger partial charge in [0.25, 0.3) is 0 Å². The van der Waals surface area contributed by atoms with Gasteiger partial charge in [-0.25, -0.2) is 0 Å². The van der Waals surface area contributed by atoms with Crippen LogP contribution >= 0.6 is 24.0 Å². The third-order valence-electron chi connectivity index (χ3n) is 5.49. The van der Waals surface area contributed by atoms with E-state index in [2.05, 4.69) is 29.5 Å². The van der Waals surface area contributed by atoms with E-state index in [1.165, 1.54) is 0 Å². The molecule has 0 aromatic carbocycles. The fraction of sp³-hybridized carbons (Fsp3) is 0.933. The number of guanidine groups is 1. The normalized spacial score (nSPS) is 35.8. The number of nitrogens with zero attached hydrogens (tertiary/aromatic N) is 1. The number of aliphatic imine (C=N–C) groups is 1. The minimum absolute atomic E-state index is 0. The summed E-state index contributed by atoms with van der Waals surface area (Å²) >= 11 is 0. The van der Waals surface area contributed by atoms with E-state index < -0.39 is 5.60 Å². The molecule has 6 heteroatoms. The van der Waals surface area contributed by atoms with Crippen molar-refractivity contribution in [3.8, 4) is 0 Å². The molecule has 1 saturated heterocycles. The van der Waals surface area contributed by atoms with Crippen molar-refractivity contribution in [3.05, 3.63) is 0 Å². The first-order valence-electron chi connectivity index (χ1n) is 7.77. The smallest absolute Gasteiger partial charge is 0.191 e. The molecule has 1 heterocycles. The molecule has 5 nitrogen and oxygen atoms in total. The summed E-state index contributed by atoms with van der Waals surface area (Å²) in [7, 11) is 1.79.